The third-order valence-corrected chi connectivity index (χ3v) is 3.93. The van der Waals surface area contributed by atoms with Crippen molar-refractivity contribution in [2.75, 3.05) is 13.2 Å². The maximum absolute atomic E-state index is 12.1. The molecule has 0 spiro atoms. The number of hydrogen-bond donors (Lipinski definition) is 2. The Bertz CT molecular complexity index is 650. The van der Waals surface area contributed by atoms with Gasteiger partial charge in [0.05, 0.1) is 17.4 Å². The number of halogens is 1. The maximum Gasteiger partial charge on any atom is 0.254 e. The molecule has 0 aliphatic carbocycles. The summed E-state index contributed by atoms with van der Waals surface area (Å²) >= 11 is 5.86. The van der Waals surface area contributed by atoms with Crippen LogP contribution in [0.1, 0.15) is 37.0 Å². The lowest BCUT2D eigenvalue weighted by Crippen LogP contribution is -2.26. The minimum Gasteiger partial charge on any atom is -0.396 e. The summed E-state index contributed by atoms with van der Waals surface area (Å²) in [5.74, 6) is -0.146. The zero-order valence-electron chi connectivity index (χ0n) is 13.4. The van der Waals surface area contributed by atoms with E-state index in [0.29, 0.717) is 17.1 Å². The van der Waals surface area contributed by atoms with Crippen molar-refractivity contribution >= 4 is 17.5 Å². The summed E-state index contributed by atoms with van der Waals surface area (Å²) in [6.07, 6.45) is 4.91. The van der Waals surface area contributed by atoms with Gasteiger partial charge in [-0.05, 0) is 42.5 Å². The topological polar surface area (TPSA) is 67.2 Å². The van der Waals surface area contributed by atoms with Crippen LogP contribution in [-0.4, -0.2) is 33.9 Å². The second-order valence-corrected chi connectivity index (χ2v) is 6.77. The van der Waals surface area contributed by atoms with E-state index in [-0.39, 0.29) is 17.9 Å². The minimum atomic E-state index is -0.146. The summed E-state index contributed by atoms with van der Waals surface area (Å²) in [4.78, 5) is 12.1. The zero-order chi connectivity index (χ0) is 16.9. The number of carbonyl (C=O) groups is 1. The van der Waals surface area contributed by atoms with E-state index < -0.39 is 0 Å². The SMILES string of the molecule is CC(C)(CO)CCCNC(=O)c1cnn(-c2ccc(Cl)cc2)c1. The lowest BCUT2D eigenvalue weighted by Gasteiger charge is -2.21. The Balaban J connectivity index is 1.88. The van der Waals surface area contributed by atoms with Crippen LogP contribution in [-0.2, 0) is 0 Å². The second-order valence-electron chi connectivity index (χ2n) is 6.33. The fraction of sp³-hybridized carbons (Fsp3) is 0.412. The van der Waals surface area contributed by atoms with Gasteiger partial charge in [0.2, 0.25) is 0 Å². The predicted molar refractivity (Wildman–Crippen MR) is 91.0 cm³/mol. The molecule has 2 aromatic rings. The Morgan fingerprint density at radius 1 is 1.35 bits per heavy atom. The van der Waals surface area contributed by atoms with E-state index in [1.54, 1.807) is 29.2 Å². The van der Waals surface area contributed by atoms with E-state index in [9.17, 15) is 9.90 Å². The minimum absolute atomic E-state index is 0.107. The molecule has 1 aromatic heterocycles. The summed E-state index contributed by atoms with van der Waals surface area (Å²) in [5, 5.41) is 16.9. The second kappa shape index (κ2) is 7.62. The molecular weight excluding hydrogens is 314 g/mol. The van der Waals surface area contributed by atoms with E-state index in [4.69, 9.17) is 11.6 Å². The summed E-state index contributed by atoms with van der Waals surface area (Å²) < 4.78 is 1.64. The first-order chi connectivity index (χ1) is 10.9. The van der Waals surface area contributed by atoms with Gasteiger partial charge in [0.15, 0.2) is 0 Å². The van der Waals surface area contributed by atoms with Gasteiger partial charge in [-0.25, -0.2) is 4.68 Å². The highest BCUT2D eigenvalue weighted by atomic mass is 35.5. The molecule has 1 aromatic carbocycles. The van der Waals surface area contributed by atoms with Crippen molar-refractivity contribution in [1.82, 2.24) is 15.1 Å². The number of carbonyl (C=O) groups excluding carboxylic acids is 1. The molecular formula is C17H22ClN3O2. The van der Waals surface area contributed by atoms with Crippen molar-refractivity contribution in [3.8, 4) is 5.69 Å². The van der Waals surface area contributed by atoms with E-state index >= 15 is 0 Å². The van der Waals surface area contributed by atoms with E-state index in [0.717, 1.165) is 18.5 Å². The molecule has 1 heterocycles. The van der Waals surface area contributed by atoms with Gasteiger partial charge in [-0.1, -0.05) is 25.4 Å². The van der Waals surface area contributed by atoms with Crippen LogP contribution < -0.4 is 5.32 Å². The monoisotopic (exact) mass is 335 g/mol. The van der Waals surface area contributed by atoms with Gasteiger partial charge in [0.25, 0.3) is 5.91 Å². The molecule has 2 rings (SSSR count). The van der Waals surface area contributed by atoms with Gasteiger partial charge in [-0.2, -0.15) is 5.10 Å². The fourth-order valence-corrected chi connectivity index (χ4v) is 2.25. The number of benzene rings is 1. The third kappa shape index (κ3) is 5.08. The predicted octanol–water partition coefficient (Wildman–Crippen LogP) is 3.05. The Morgan fingerprint density at radius 2 is 2.04 bits per heavy atom. The van der Waals surface area contributed by atoms with Gasteiger partial charge in [-0.15, -0.1) is 0 Å². The van der Waals surface area contributed by atoms with Crippen LogP contribution >= 0.6 is 11.6 Å². The molecule has 0 unspecified atom stereocenters. The van der Waals surface area contributed by atoms with E-state index in [1.807, 2.05) is 26.0 Å². The summed E-state index contributed by atoms with van der Waals surface area (Å²) in [5.41, 5.74) is 1.25. The van der Waals surface area contributed by atoms with Crippen molar-refractivity contribution < 1.29 is 9.90 Å². The fourth-order valence-electron chi connectivity index (χ4n) is 2.13. The number of nitrogens with one attached hydrogen (secondary N) is 1. The molecule has 23 heavy (non-hydrogen) atoms. The standard InChI is InChI=1S/C17H22ClN3O2/c1-17(2,12-22)8-3-9-19-16(23)13-10-20-21(11-13)15-6-4-14(18)5-7-15/h4-7,10-11,22H,3,8-9,12H2,1-2H3,(H,19,23). The first kappa shape index (κ1) is 17.5. The van der Waals surface area contributed by atoms with Crippen LogP contribution in [0.3, 0.4) is 0 Å². The highest BCUT2D eigenvalue weighted by Crippen LogP contribution is 2.20. The first-order valence-corrected chi connectivity index (χ1v) is 7.99. The molecule has 0 aliphatic heterocycles. The normalized spacial score (nSPS) is 11.5. The molecule has 0 atom stereocenters. The van der Waals surface area contributed by atoms with Crippen molar-refractivity contribution in [3.05, 3.63) is 47.2 Å². The van der Waals surface area contributed by atoms with Crippen LogP contribution in [0.25, 0.3) is 5.69 Å². The molecule has 0 radical (unpaired) electrons. The van der Waals surface area contributed by atoms with Crippen molar-refractivity contribution in [3.63, 3.8) is 0 Å². The number of aliphatic hydroxyl groups is 1. The highest BCUT2D eigenvalue weighted by molar-refractivity contribution is 6.30. The van der Waals surface area contributed by atoms with Crippen molar-refractivity contribution in [2.24, 2.45) is 5.41 Å². The number of nitrogens with zero attached hydrogens (tertiary/aromatic N) is 2. The number of aromatic nitrogens is 2. The number of aliphatic hydroxyl groups excluding tert-OH is 1. The summed E-state index contributed by atoms with van der Waals surface area (Å²) in [6, 6.07) is 7.24. The highest BCUT2D eigenvalue weighted by Gasteiger charge is 2.16. The average Bonchev–Trinajstić information content (AvgIpc) is 3.02. The molecule has 0 saturated heterocycles. The molecule has 0 aliphatic rings. The van der Waals surface area contributed by atoms with Crippen molar-refractivity contribution in [2.45, 2.75) is 26.7 Å². The Kier molecular flexibility index (Phi) is 5.80. The summed E-state index contributed by atoms with van der Waals surface area (Å²) in [7, 11) is 0. The first-order valence-electron chi connectivity index (χ1n) is 7.61. The van der Waals surface area contributed by atoms with Crippen LogP contribution in [0.5, 0.6) is 0 Å². The Hall–Kier alpha value is -1.85. The van der Waals surface area contributed by atoms with Gasteiger partial charge < -0.3 is 10.4 Å². The maximum atomic E-state index is 12.1. The number of rotatable bonds is 7. The van der Waals surface area contributed by atoms with E-state index in [1.165, 1.54) is 0 Å². The Morgan fingerprint density at radius 3 is 2.70 bits per heavy atom. The molecule has 1 amide bonds. The molecule has 124 valence electrons. The molecule has 5 nitrogen and oxygen atoms in total. The third-order valence-electron chi connectivity index (χ3n) is 3.68. The lowest BCUT2D eigenvalue weighted by molar-refractivity contribution is 0.0948. The van der Waals surface area contributed by atoms with Gasteiger partial charge in [0.1, 0.15) is 0 Å². The smallest absolute Gasteiger partial charge is 0.254 e. The molecule has 0 bridgehead atoms. The van der Waals surface area contributed by atoms with E-state index in [2.05, 4.69) is 10.4 Å². The molecule has 0 fully saturated rings. The number of amides is 1. The van der Waals surface area contributed by atoms with Crippen LogP contribution in [0.15, 0.2) is 36.7 Å². The largest absolute Gasteiger partial charge is 0.396 e. The average molecular weight is 336 g/mol. The lowest BCUT2D eigenvalue weighted by atomic mass is 9.89. The molecule has 6 heteroatoms. The zero-order valence-corrected chi connectivity index (χ0v) is 14.2. The van der Waals surface area contributed by atoms with Crippen molar-refractivity contribution in [1.29, 1.82) is 0 Å². The van der Waals surface area contributed by atoms with Crippen LogP contribution in [0, 0.1) is 5.41 Å². The van der Waals surface area contributed by atoms with Crippen LogP contribution in [0.2, 0.25) is 5.02 Å². The molecule has 0 saturated carbocycles. The molecule has 2 N–H and O–H groups in total. The van der Waals surface area contributed by atoms with Gasteiger partial charge in [0, 0.05) is 24.4 Å². The quantitative estimate of drug-likeness (QED) is 0.764. The number of hydrogen-bond acceptors (Lipinski definition) is 3. The summed E-state index contributed by atoms with van der Waals surface area (Å²) in [6.45, 7) is 4.74. The van der Waals surface area contributed by atoms with Crippen LogP contribution in [0.4, 0.5) is 0 Å². The van der Waals surface area contributed by atoms with Gasteiger partial charge in [-0.3, -0.25) is 4.79 Å². The van der Waals surface area contributed by atoms with Gasteiger partial charge >= 0.3 is 0 Å². The Labute approximate surface area is 141 Å².